The molecule has 0 aliphatic heterocycles. The second-order valence-electron chi connectivity index (χ2n) is 5.65. The first-order valence-corrected chi connectivity index (χ1v) is 7.72. The van der Waals surface area contributed by atoms with Gasteiger partial charge in [-0.2, -0.15) is 9.97 Å². The van der Waals surface area contributed by atoms with E-state index in [0.29, 0.717) is 16.7 Å². The number of hydrogen-bond acceptors (Lipinski definition) is 6. The Morgan fingerprint density at radius 3 is 2.28 bits per heavy atom. The second-order valence-corrected chi connectivity index (χ2v) is 5.65. The lowest BCUT2D eigenvalue weighted by Gasteiger charge is -2.14. The van der Waals surface area contributed by atoms with E-state index in [-0.39, 0.29) is 11.8 Å². The van der Waals surface area contributed by atoms with Crippen molar-refractivity contribution in [3.05, 3.63) is 66.5 Å². The van der Waals surface area contributed by atoms with E-state index in [4.69, 9.17) is 11.5 Å². The summed E-state index contributed by atoms with van der Waals surface area (Å²) in [7, 11) is 0. The van der Waals surface area contributed by atoms with Crippen LogP contribution in [0.4, 0.5) is 11.8 Å². The average Bonchev–Trinajstić information content (AvgIpc) is 3.06. The molecule has 0 amide bonds. The molecule has 0 aliphatic rings. The molecular weight excluding hydrogens is 316 g/mol. The predicted octanol–water partition coefficient (Wildman–Crippen LogP) is 2.20. The molecule has 0 saturated carbocycles. The lowest BCUT2D eigenvalue weighted by Crippen LogP contribution is -2.10. The van der Waals surface area contributed by atoms with Gasteiger partial charge in [-0.3, -0.25) is 4.57 Å². The highest BCUT2D eigenvalue weighted by atomic mass is 16.3. The fourth-order valence-electron chi connectivity index (χ4n) is 2.77. The highest BCUT2D eigenvalue weighted by Gasteiger charge is 2.17. The molecule has 2 heterocycles. The van der Waals surface area contributed by atoms with Gasteiger partial charge in [0.15, 0.2) is 17.7 Å². The van der Waals surface area contributed by atoms with Gasteiger partial charge in [0, 0.05) is 5.56 Å². The van der Waals surface area contributed by atoms with Crippen LogP contribution < -0.4 is 11.5 Å². The van der Waals surface area contributed by atoms with Crippen molar-refractivity contribution in [3.8, 4) is 11.1 Å². The van der Waals surface area contributed by atoms with Crippen molar-refractivity contribution in [2.45, 2.75) is 6.23 Å². The molecule has 4 rings (SSSR count). The molecule has 4 aromatic rings. The fraction of sp³-hybridized carbons (Fsp3) is 0.0556. The smallest absolute Gasteiger partial charge is 0.224 e. The molecule has 0 spiro atoms. The van der Waals surface area contributed by atoms with Gasteiger partial charge in [-0.05, 0) is 11.1 Å². The second kappa shape index (κ2) is 5.88. The Labute approximate surface area is 143 Å². The summed E-state index contributed by atoms with van der Waals surface area (Å²) < 4.78 is 1.52. The SMILES string of the molecule is Nc1nc(N)c2ncn(C(O)c3ccc(-c4ccccc4)cc3)c2n1. The van der Waals surface area contributed by atoms with Crippen LogP contribution in [-0.4, -0.2) is 24.6 Å². The van der Waals surface area contributed by atoms with Crippen molar-refractivity contribution in [2.75, 3.05) is 11.5 Å². The number of aliphatic hydroxyl groups excluding tert-OH is 1. The number of aliphatic hydroxyl groups is 1. The van der Waals surface area contributed by atoms with E-state index in [9.17, 15) is 5.11 Å². The first-order chi connectivity index (χ1) is 12.1. The van der Waals surface area contributed by atoms with Crippen LogP contribution in [0.1, 0.15) is 11.8 Å². The summed E-state index contributed by atoms with van der Waals surface area (Å²) in [6, 6.07) is 17.7. The molecule has 25 heavy (non-hydrogen) atoms. The third kappa shape index (κ3) is 2.66. The average molecular weight is 332 g/mol. The first kappa shape index (κ1) is 15.1. The summed E-state index contributed by atoms with van der Waals surface area (Å²) in [5, 5.41) is 10.7. The molecule has 0 radical (unpaired) electrons. The van der Waals surface area contributed by atoms with Crippen LogP contribution in [0.3, 0.4) is 0 Å². The number of fused-ring (bicyclic) bond motifs is 1. The van der Waals surface area contributed by atoms with Gasteiger partial charge in [-0.1, -0.05) is 54.6 Å². The van der Waals surface area contributed by atoms with E-state index >= 15 is 0 Å². The highest BCUT2D eigenvalue weighted by Crippen LogP contribution is 2.26. The van der Waals surface area contributed by atoms with E-state index in [1.54, 1.807) is 0 Å². The Bertz CT molecular complexity index is 1030. The van der Waals surface area contributed by atoms with Crippen molar-refractivity contribution >= 4 is 22.9 Å². The minimum atomic E-state index is -0.955. The quantitative estimate of drug-likeness (QED) is 0.529. The van der Waals surface area contributed by atoms with Crippen molar-refractivity contribution in [1.82, 2.24) is 19.5 Å². The fourth-order valence-corrected chi connectivity index (χ4v) is 2.77. The summed E-state index contributed by atoms with van der Waals surface area (Å²) >= 11 is 0. The minimum absolute atomic E-state index is 0.0402. The van der Waals surface area contributed by atoms with Gasteiger partial charge in [-0.15, -0.1) is 0 Å². The zero-order chi connectivity index (χ0) is 17.4. The Hall–Kier alpha value is -3.45. The monoisotopic (exact) mass is 332 g/mol. The molecule has 0 fully saturated rings. The van der Waals surface area contributed by atoms with Crippen LogP contribution in [0.2, 0.25) is 0 Å². The van der Waals surface area contributed by atoms with Gasteiger partial charge >= 0.3 is 0 Å². The highest BCUT2D eigenvalue weighted by molar-refractivity contribution is 5.82. The standard InChI is InChI=1S/C18H16N6O/c19-15-14-16(23-18(20)22-15)24(10-21-14)17(25)13-8-6-12(7-9-13)11-4-2-1-3-5-11/h1-10,17,25H,(H4,19,20,22,23). The summed E-state index contributed by atoms with van der Waals surface area (Å²) in [5.41, 5.74) is 15.2. The number of rotatable bonds is 3. The molecule has 2 aromatic carbocycles. The Morgan fingerprint density at radius 2 is 1.56 bits per heavy atom. The summed E-state index contributed by atoms with van der Waals surface area (Å²) in [6.07, 6.45) is 0.522. The minimum Gasteiger partial charge on any atom is -0.382 e. The number of nitrogens with two attached hydrogens (primary N) is 2. The largest absolute Gasteiger partial charge is 0.382 e. The summed E-state index contributed by atoms with van der Waals surface area (Å²) in [5.74, 6) is 0.228. The number of nitrogen functional groups attached to an aromatic ring is 2. The normalized spacial score (nSPS) is 12.4. The van der Waals surface area contributed by atoms with Crippen LogP contribution in [0.15, 0.2) is 60.9 Å². The maximum absolute atomic E-state index is 10.7. The van der Waals surface area contributed by atoms with E-state index in [1.165, 1.54) is 10.9 Å². The molecule has 124 valence electrons. The Kier molecular flexibility index (Phi) is 3.55. The summed E-state index contributed by atoms with van der Waals surface area (Å²) in [6.45, 7) is 0. The number of aromatic nitrogens is 4. The molecule has 0 aliphatic carbocycles. The molecule has 5 N–H and O–H groups in total. The lowest BCUT2D eigenvalue weighted by atomic mass is 10.0. The molecule has 1 atom stereocenters. The topological polar surface area (TPSA) is 116 Å². The molecule has 7 nitrogen and oxygen atoms in total. The first-order valence-electron chi connectivity index (χ1n) is 7.72. The number of anilines is 2. The van der Waals surface area contributed by atoms with Gasteiger partial charge in [0.1, 0.15) is 5.52 Å². The Balaban J connectivity index is 1.71. The van der Waals surface area contributed by atoms with Gasteiger partial charge in [0.2, 0.25) is 5.95 Å². The number of imidazole rings is 1. The van der Waals surface area contributed by atoms with Crippen molar-refractivity contribution in [3.63, 3.8) is 0 Å². The van der Waals surface area contributed by atoms with E-state index in [1.807, 2.05) is 54.6 Å². The van der Waals surface area contributed by atoms with Gasteiger partial charge in [0.25, 0.3) is 0 Å². The van der Waals surface area contributed by atoms with Crippen LogP contribution in [0.5, 0.6) is 0 Å². The molecule has 7 heteroatoms. The molecule has 0 bridgehead atoms. The van der Waals surface area contributed by atoms with Crippen LogP contribution in [0, 0.1) is 0 Å². The lowest BCUT2D eigenvalue weighted by molar-refractivity contribution is 0.150. The van der Waals surface area contributed by atoms with Crippen molar-refractivity contribution in [1.29, 1.82) is 0 Å². The predicted molar refractivity (Wildman–Crippen MR) is 96.4 cm³/mol. The number of benzene rings is 2. The number of hydrogen-bond donors (Lipinski definition) is 3. The molecule has 0 saturated heterocycles. The van der Waals surface area contributed by atoms with Crippen molar-refractivity contribution in [2.24, 2.45) is 0 Å². The van der Waals surface area contributed by atoms with Crippen LogP contribution in [0.25, 0.3) is 22.3 Å². The zero-order valence-corrected chi connectivity index (χ0v) is 13.2. The van der Waals surface area contributed by atoms with Gasteiger partial charge < -0.3 is 16.6 Å². The maximum atomic E-state index is 10.7. The van der Waals surface area contributed by atoms with Crippen LogP contribution >= 0.6 is 0 Å². The summed E-state index contributed by atoms with van der Waals surface area (Å²) in [4.78, 5) is 12.2. The van der Waals surface area contributed by atoms with E-state index in [0.717, 1.165) is 11.1 Å². The maximum Gasteiger partial charge on any atom is 0.224 e. The molecule has 2 aromatic heterocycles. The molecular formula is C18H16N6O. The molecule has 1 unspecified atom stereocenters. The number of nitrogens with zero attached hydrogens (tertiary/aromatic N) is 4. The van der Waals surface area contributed by atoms with E-state index in [2.05, 4.69) is 15.0 Å². The Morgan fingerprint density at radius 1 is 0.880 bits per heavy atom. The zero-order valence-electron chi connectivity index (χ0n) is 13.2. The third-order valence-corrected chi connectivity index (χ3v) is 4.05. The van der Waals surface area contributed by atoms with Crippen LogP contribution in [-0.2, 0) is 0 Å². The van der Waals surface area contributed by atoms with Gasteiger partial charge in [-0.25, -0.2) is 4.98 Å². The third-order valence-electron chi connectivity index (χ3n) is 4.05. The van der Waals surface area contributed by atoms with Gasteiger partial charge in [0.05, 0.1) is 6.33 Å². The van der Waals surface area contributed by atoms with E-state index < -0.39 is 6.23 Å². The van der Waals surface area contributed by atoms with Crippen molar-refractivity contribution < 1.29 is 5.11 Å².